The van der Waals surface area contributed by atoms with Crippen molar-refractivity contribution in [1.29, 1.82) is 0 Å². The topological polar surface area (TPSA) is 100 Å². The van der Waals surface area contributed by atoms with Crippen LogP contribution in [0.15, 0.2) is 64.3 Å². The minimum atomic E-state index is -0.832. The van der Waals surface area contributed by atoms with E-state index in [0.717, 1.165) is 0 Å². The van der Waals surface area contributed by atoms with E-state index in [4.69, 9.17) is 20.8 Å². The van der Waals surface area contributed by atoms with Crippen LogP contribution < -0.4 is 0 Å². The normalized spacial score (nSPS) is 16.4. The summed E-state index contributed by atoms with van der Waals surface area (Å²) in [5.74, 6) is -1.79. The minimum absolute atomic E-state index is 0.00427. The molecule has 4 rings (SSSR count). The SMILES string of the molecule is CC(C)OCCCN1C(=O)C(O)=C(C(=O)c2cc3cc(Cl)ccc3o2)C1c1ccc(O)cc1. The first kappa shape index (κ1) is 22.9. The van der Waals surface area contributed by atoms with Crippen molar-refractivity contribution in [3.05, 3.63) is 76.2 Å². The van der Waals surface area contributed by atoms with E-state index in [0.29, 0.717) is 34.6 Å². The third kappa shape index (κ3) is 4.60. The number of aliphatic hydroxyl groups excluding tert-OH is 1. The zero-order valence-electron chi connectivity index (χ0n) is 18.2. The standard InChI is InChI=1S/C25H24ClNO6/c1-14(2)32-11-3-10-27-22(15-4-7-18(28)8-5-15)21(24(30)25(27)31)23(29)20-13-16-12-17(26)6-9-19(16)33-20/h4-9,12-14,22,28,30H,3,10-11H2,1-2H3. The van der Waals surface area contributed by atoms with Crippen LogP contribution in [-0.2, 0) is 9.53 Å². The van der Waals surface area contributed by atoms with Crippen LogP contribution in [0.5, 0.6) is 5.75 Å². The van der Waals surface area contributed by atoms with Crippen LogP contribution in [0, 0.1) is 0 Å². The van der Waals surface area contributed by atoms with Crippen molar-refractivity contribution in [3.63, 3.8) is 0 Å². The van der Waals surface area contributed by atoms with Crippen LogP contribution >= 0.6 is 11.6 Å². The van der Waals surface area contributed by atoms with Gasteiger partial charge in [0.2, 0.25) is 5.78 Å². The van der Waals surface area contributed by atoms with E-state index in [9.17, 15) is 19.8 Å². The van der Waals surface area contributed by atoms with E-state index in [1.54, 1.807) is 36.4 Å². The molecule has 7 nitrogen and oxygen atoms in total. The van der Waals surface area contributed by atoms with Crippen molar-refractivity contribution < 1.29 is 29.0 Å². The number of aliphatic hydroxyl groups is 1. The molecule has 1 unspecified atom stereocenters. The van der Waals surface area contributed by atoms with Gasteiger partial charge in [-0.25, -0.2) is 0 Å². The monoisotopic (exact) mass is 469 g/mol. The predicted molar refractivity (Wildman–Crippen MR) is 123 cm³/mol. The van der Waals surface area contributed by atoms with Crippen molar-refractivity contribution in [2.75, 3.05) is 13.2 Å². The number of rotatable bonds is 8. The third-order valence-electron chi connectivity index (χ3n) is 5.45. The lowest BCUT2D eigenvalue weighted by molar-refractivity contribution is -0.129. The van der Waals surface area contributed by atoms with E-state index >= 15 is 0 Å². The second kappa shape index (κ2) is 9.29. The molecule has 0 saturated carbocycles. The number of furan rings is 1. The van der Waals surface area contributed by atoms with Gasteiger partial charge < -0.3 is 24.3 Å². The Hall–Kier alpha value is -3.29. The van der Waals surface area contributed by atoms with E-state index in [-0.39, 0.29) is 29.7 Å². The number of phenolic OH excluding ortho intramolecular Hbond substituents is 1. The lowest BCUT2D eigenvalue weighted by atomic mass is 9.95. The zero-order valence-corrected chi connectivity index (χ0v) is 19.0. The first-order valence-corrected chi connectivity index (χ1v) is 11.0. The van der Waals surface area contributed by atoms with Gasteiger partial charge in [0.15, 0.2) is 11.5 Å². The smallest absolute Gasteiger partial charge is 0.290 e. The molecule has 8 heteroatoms. The Kier molecular flexibility index (Phi) is 6.44. The summed E-state index contributed by atoms with van der Waals surface area (Å²) < 4.78 is 11.3. The summed E-state index contributed by atoms with van der Waals surface area (Å²) in [7, 11) is 0. The number of hydrogen-bond acceptors (Lipinski definition) is 6. The highest BCUT2D eigenvalue weighted by atomic mass is 35.5. The Morgan fingerprint density at radius 1 is 1.15 bits per heavy atom. The molecule has 0 fully saturated rings. The van der Waals surface area contributed by atoms with Crippen molar-refractivity contribution in [1.82, 2.24) is 4.90 Å². The molecule has 0 radical (unpaired) electrons. The van der Waals surface area contributed by atoms with Gasteiger partial charge in [-0.3, -0.25) is 9.59 Å². The number of fused-ring (bicyclic) bond motifs is 1. The molecule has 3 aromatic rings. The number of nitrogens with zero attached hydrogens (tertiary/aromatic N) is 1. The Morgan fingerprint density at radius 3 is 2.58 bits per heavy atom. The van der Waals surface area contributed by atoms with Gasteiger partial charge in [0.25, 0.3) is 5.91 Å². The third-order valence-corrected chi connectivity index (χ3v) is 5.69. The first-order chi connectivity index (χ1) is 15.8. The molecular weight excluding hydrogens is 446 g/mol. The van der Waals surface area contributed by atoms with Gasteiger partial charge in [0.1, 0.15) is 11.3 Å². The molecular formula is C25H24ClNO6. The Balaban J connectivity index is 1.70. The Bertz CT molecular complexity index is 1230. The van der Waals surface area contributed by atoms with Gasteiger partial charge in [0, 0.05) is 23.6 Å². The molecule has 1 aromatic heterocycles. The number of amides is 1. The van der Waals surface area contributed by atoms with Crippen LogP contribution in [0.4, 0.5) is 0 Å². The predicted octanol–water partition coefficient (Wildman–Crippen LogP) is 5.19. The molecule has 1 aliphatic heterocycles. The van der Waals surface area contributed by atoms with E-state index in [1.807, 2.05) is 13.8 Å². The number of aromatic hydroxyl groups is 1. The van der Waals surface area contributed by atoms with Crippen LogP contribution in [-0.4, -0.2) is 46.1 Å². The number of benzene rings is 2. The molecule has 1 amide bonds. The van der Waals surface area contributed by atoms with Gasteiger partial charge in [-0.15, -0.1) is 0 Å². The van der Waals surface area contributed by atoms with E-state index in [2.05, 4.69) is 0 Å². The maximum atomic E-state index is 13.5. The number of Topliss-reactive ketones (excluding diaryl/α,β-unsaturated/α-hetero) is 1. The van der Waals surface area contributed by atoms with Gasteiger partial charge in [-0.05, 0) is 62.2 Å². The number of carbonyl (C=O) groups excluding carboxylic acids is 2. The maximum Gasteiger partial charge on any atom is 0.290 e. The molecule has 2 aromatic carbocycles. The van der Waals surface area contributed by atoms with Crippen molar-refractivity contribution in [3.8, 4) is 5.75 Å². The quantitative estimate of drug-likeness (QED) is 0.348. The first-order valence-electron chi connectivity index (χ1n) is 10.6. The van der Waals surface area contributed by atoms with E-state index < -0.39 is 23.5 Å². The fourth-order valence-corrected chi connectivity index (χ4v) is 4.11. The van der Waals surface area contributed by atoms with Crippen LogP contribution in [0.3, 0.4) is 0 Å². The lowest BCUT2D eigenvalue weighted by Crippen LogP contribution is -2.32. The average molecular weight is 470 g/mol. The molecule has 0 bridgehead atoms. The Morgan fingerprint density at radius 2 is 1.88 bits per heavy atom. The average Bonchev–Trinajstić information content (AvgIpc) is 3.30. The summed E-state index contributed by atoms with van der Waals surface area (Å²) >= 11 is 6.03. The highest BCUT2D eigenvalue weighted by molar-refractivity contribution is 6.31. The largest absolute Gasteiger partial charge is 0.508 e. The molecule has 2 heterocycles. The molecule has 0 saturated heterocycles. The second-order valence-electron chi connectivity index (χ2n) is 8.15. The van der Waals surface area contributed by atoms with Crippen LogP contribution in [0.25, 0.3) is 11.0 Å². The zero-order chi connectivity index (χ0) is 23.7. The highest BCUT2D eigenvalue weighted by Gasteiger charge is 2.44. The second-order valence-corrected chi connectivity index (χ2v) is 8.59. The van der Waals surface area contributed by atoms with Gasteiger partial charge >= 0.3 is 0 Å². The van der Waals surface area contributed by atoms with Gasteiger partial charge in [-0.1, -0.05) is 23.7 Å². The molecule has 1 atom stereocenters. The fourth-order valence-electron chi connectivity index (χ4n) is 3.93. The Labute approximate surface area is 195 Å². The van der Waals surface area contributed by atoms with Crippen LogP contribution in [0.2, 0.25) is 5.02 Å². The molecule has 0 aliphatic carbocycles. The molecule has 172 valence electrons. The molecule has 33 heavy (non-hydrogen) atoms. The number of hydrogen-bond donors (Lipinski definition) is 2. The minimum Gasteiger partial charge on any atom is -0.508 e. The highest BCUT2D eigenvalue weighted by Crippen LogP contribution is 2.40. The van der Waals surface area contributed by atoms with Crippen LogP contribution in [0.1, 0.15) is 42.4 Å². The van der Waals surface area contributed by atoms with Gasteiger partial charge in [0.05, 0.1) is 17.7 Å². The van der Waals surface area contributed by atoms with E-state index in [1.165, 1.54) is 17.0 Å². The summed E-state index contributed by atoms with van der Waals surface area (Å²) in [5.41, 5.74) is 0.981. The summed E-state index contributed by atoms with van der Waals surface area (Å²) in [5, 5.41) is 21.6. The number of phenols is 1. The number of ether oxygens (including phenoxy) is 1. The number of carbonyl (C=O) groups is 2. The lowest BCUT2D eigenvalue weighted by Gasteiger charge is -2.26. The molecule has 1 aliphatic rings. The summed E-state index contributed by atoms with van der Waals surface area (Å²) in [6, 6.07) is 11.9. The molecule has 2 N–H and O–H groups in total. The van der Waals surface area contributed by atoms with Crippen molar-refractivity contribution in [2.45, 2.75) is 32.4 Å². The van der Waals surface area contributed by atoms with Crippen molar-refractivity contribution in [2.24, 2.45) is 0 Å². The summed E-state index contributed by atoms with van der Waals surface area (Å²) in [6.07, 6.45) is 0.577. The summed E-state index contributed by atoms with van der Waals surface area (Å²) in [4.78, 5) is 27.9. The maximum absolute atomic E-state index is 13.5. The number of ketones is 1. The fraction of sp³-hybridized carbons (Fsp3) is 0.280. The summed E-state index contributed by atoms with van der Waals surface area (Å²) in [6.45, 7) is 4.54. The van der Waals surface area contributed by atoms with Crippen molar-refractivity contribution >= 4 is 34.3 Å². The number of halogens is 1. The van der Waals surface area contributed by atoms with Gasteiger partial charge in [-0.2, -0.15) is 0 Å². The molecule has 0 spiro atoms.